The predicted octanol–water partition coefficient (Wildman–Crippen LogP) is 0.641. The average Bonchev–Trinajstić information content (AvgIpc) is 2.77. The number of carbonyl (C=O) groups excluding carboxylic acids is 2. The van der Waals surface area contributed by atoms with Crippen LogP contribution in [0.2, 0.25) is 0 Å². The van der Waals surface area contributed by atoms with Gasteiger partial charge in [-0.1, -0.05) is 0 Å². The summed E-state index contributed by atoms with van der Waals surface area (Å²) in [6.07, 6.45) is 0.771. The molecule has 0 aliphatic carbocycles. The molecule has 0 amide bonds. The van der Waals surface area contributed by atoms with Crippen LogP contribution in [0.25, 0.3) is 0 Å². The standard InChI is InChI=1S/C10H14O4S/c1-2-13-9(12)8-7(11)5-14-10(8)3-4-15-6-10/h8H,2-6H2,1H3. The number of ether oxygens (including phenoxy) is 2. The number of Topliss-reactive ketones (excluding diaryl/α,β-unsaturated/α-hetero) is 1. The van der Waals surface area contributed by atoms with E-state index in [9.17, 15) is 9.59 Å². The van der Waals surface area contributed by atoms with Crippen molar-refractivity contribution in [1.29, 1.82) is 0 Å². The molecule has 15 heavy (non-hydrogen) atoms. The molecule has 0 aromatic heterocycles. The smallest absolute Gasteiger partial charge is 0.319 e. The molecular formula is C10H14O4S. The van der Waals surface area contributed by atoms with E-state index in [1.165, 1.54) is 0 Å². The van der Waals surface area contributed by atoms with Crippen LogP contribution in [0.15, 0.2) is 0 Å². The number of ketones is 1. The lowest BCUT2D eigenvalue weighted by Crippen LogP contribution is -2.42. The Bertz CT molecular complexity index is 283. The Labute approximate surface area is 92.7 Å². The van der Waals surface area contributed by atoms with Crippen LogP contribution in [0.3, 0.4) is 0 Å². The third-order valence-corrected chi connectivity index (χ3v) is 4.07. The molecular weight excluding hydrogens is 216 g/mol. The Morgan fingerprint density at radius 3 is 3.13 bits per heavy atom. The maximum Gasteiger partial charge on any atom is 0.319 e. The van der Waals surface area contributed by atoms with Gasteiger partial charge in [-0.05, 0) is 19.1 Å². The van der Waals surface area contributed by atoms with Gasteiger partial charge in [0.1, 0.15) is 12.5 Å². The molecule has 2 fully saturated rings. The predicted molar refractivity (Wildman–Crippen MR) is 55.8 cm³/mol. The maximum atomic E-state index is 11.7. The molecule has 2 rings (SSSR count). The highest BCUT2D eigenvalue weighted by molar-refractivity contribution is 7.99. The summed E-state index contributed by atoms with van der Waals surface area (Å²) in [5.74, 6) is 0.441. The lowest BCUT2D eigenvalue weighted by atomic mass is 9.86. The van der Waals surface area contributed by atoms with Crippen LogP contribution in [-0.2, 0) is 19.1 Å². The summed E-state index contributed by atoms with van der Waals surface area (Å²) in [5, 5.41) is 0. The first kappa shape index (κ1) is 11.0. The maximum absolute atomic E-state index is 11.7. The highest BCUT2D eigenvalue weighted by atomic mass is 32.2. The van der Waals surface area contributed by atoms with Crippen molar-refractivity contribution >= 4 is 23.5 Å². The van der Waals surface area contributed by atoms with Gasteiger partial charge in [0.25, 0.3) is 0 Å². The van der Waals surface area contributed by atoms with Gasteiger partial charge < -0.3 is 9.47 Å². The van der Waals surface area contributed by atoms with Crippen molar-refractivity contribution in [2.45, 2.75) is 18.9 Å². The van der Waals surface area contributed by atoms with E-state index in [1.54, 1.807) is 18.7 Å². The Balaban J connectivity index is 2.18. The van der Waals surface area contributed by atoms with Crippen LogP contribution in [0.1, 0.15) is 13.3 Å². The van der Waals surface area contributed by atoms with E-state index in [-0.39, 0.29) is 12.4 Å². The molecule has 2 unspecified atom stereocenters. The molecule has 2 heterocycles. The number of hydrogen-bond acceptors (Lipinski definition) is 5. The van der Waals surface area contributed by atoms with Crippen molar-refractivity contribution in [2.75, 3.05) is 24.7 Å². The average molecular weight is 230 g/mol. The number of hydrogen-bond donors (Lipinski definition) is 0. The molecule has 0 saturated carbocycles. The van der Waals surface area contributed by atoms with E-state index in [0.29, 0.717) is 6.61 Å². The number of esters is 1. The summed E-state index contributed by atoms with van der Waals surface area (Å²) in [7, 11) is 0. The number of carbonyl (C=O) groups is 2. The second kappa shape index (κ2) is 4.14. The van der Waals surface area contributed by atoms with Crippen molar-refractivity contribution in [3.05, 3.63) is 0 Å². The van der Waals surface area contributed by atoms with Gasteiger partial charge in [-0.2, -0.15) is 11.8 Å². The lowest BCUT2D eigenvalue weighted by molar-refractivity contribution is -0.154. The van der Waals surface area contributed by atoms with Crippen molar-refractivity contribution < 1.29 is 19.1 Å². The molecule has 0 aromatic rings. The normalized spacial score (nSPS) is 35.0. The Kier molecular flexibility index (Phi) is 3.02. The fraction of sp³-hybridized carbons (Fsp3) is 0.800. The van der Waals surface area contributed by atoms with E-state index in [4.69, 9.17) is 9.47 Å². The monoisotopic (exact) mass is 230 g/mol. The molecule has 0 radical (unpaired) electrons. The second-order valence-corrected chi connectivity index (χ2v) is 4.91. The van der Waals surface area contributed by atoms with Crippen molar-refractivity contribution in [1.82, 2.24) is 0 Å². The number of rotatable bonds is 2. The van der Waals surface area contributed by atoms with Crippen LogP contribution in [-0.4, -0.2) is 42.1 Å². The zero-order valence-corrected chi connectivity index (χ0v) is 9.47. The number of thioether (sulfide) groups is 1. The van der Waals surface area contributed by atoms with Gasteiger partial charge >= 0.3 is 5.97 Å². The Morgan fingerprint density at radius 1 is 1.73 bits per heavy atom. The quantitative estimate of drug-likeness (QED) is 0.515. The van der Waals surface area contributed by atoms with Gasteiger partial charge in [0.05, 0.1) is 12.2 Å². The zero-order valence-electron chi connectivity index (χ0n) is 8.65. The Morgan fingerprint density at radius 2 is 2.53 bits per heavy atom. The summed E-state index contributed by atoms with van der Waals surface area (Å²) in [4.78, 5) is 23.3. The van der Waals surface area contributed by atoms with Gasteiger partial charge in [0, 0.05) is 5.75 Å². The molecule has 1 spiro atoms. The van der Waals surface area contributed by atoms with Gasteiger partial charge in [-0.25, -0.2) is 0 Å². The van der Waals surface area contributed by atoms with Crippen LogP contribution in [0, 0.1) is 5.92 Å². The summed E-state index contributed by atoms with van der Waals surface area (Å²) in [5.41, 5.74) is -0.562. The van der Waals surface area contributed by atoms with E-state index in [0.717, 1.165) is 17.9 Å². The molecule has 2 aliphatic rings. The molecule has 2 saturated heterocycles. The first-order valence-corrected chi connectivity index (χ1v) is 6.26. The molecule has 0 N–H and O–H groups in total. The fourth-order valence-electron chi connectivity index (χ4n) is 2.15. The van der Waals surface area contributed by atoms with Gasteiger partial charge in [-0.3, -0.25) is 9.59 Å². The topological polar surface area (TPSA) is 52.6 Å². The molecule has 2 aliphatic heterocycles. The SMILES string of the molecule is CCOC(=O)C1C(=O)COC12CCSC2. The van der Waals surface area contributed by atoms with E-state index < -0.39 is 17.5 Å². The summed E-state index contributed by atoms with van der Waals surface area (Å²) in [6.45, 7) is 2.12. The first-order valence-electron chi connectivity index (χ1n) is 5.10. The van der Waals surface area contributed by atoms with Gasteiger partial charge in [0.2, 0.25) is 0 Å². The summed E-state index contributed by atoms with van der Waals surface area (Å²) in [6, 6.07) is 0. The first-order chi connectivity index (χ1) is 7.19. The highest BCUT2D eigenvalue weighted by Gasteiger charge is 2.55. The molecule has 0 aromatic carbocycles. The van der Waals surface area contributed by atoms with Crippen LogP contribution in [0.5, 0.6) is 0 Å². The highest BCUT2D eigenvalue weighted by Crippen LogP contribution is 2.42. The van der Waals surface area contributed by atoms with Crippen molar-refractivity contribution in [3.63, 3.8) is 0 Å². The molecule has 4 nitrogen and oxygen atoms in total. The summed E-state index contributed by atoms with van der Waals surface area (Å²) >= 11 is 1.73. The van der Waals surface area contributed by atoms with Crippen LogP contribution >= 0.6 is 11.8 Å². The van der Waals surface area contributed by atoms with Gasteiger partial charge in [-0.15, -0.1) is 0 Å². The minimum absolute atomic E-state index is 0.0596. The Hall–Kier alpha value is -0.550. The van der Waals surface area contributed by atoms with Crippen LogP contribution < -0.4 is 0 Å². The molecule has 2 atom stereocenters. The fourth-order valence-corrected chi connectivity index (χ4v) is 3.52. The second-order valence-electron chi connectivity index (χ2n) is 3.81. The van der Waals surface area contributed by atoms with E-state index in [2.05, 4.69) is 0 Å². The largest absolute Gasteiger partial charge is 0.465 e. The third-order valence-electron chi connectivity index (χ3n) is 2.89. The van der Waals surface area contributed by atoms with Crippen molar-refractivity contribution in [3.8, 4) is 0 Å². The van der Waals surface area contributed by atoms with E-state index in [1.807, 2.05) is 0 Å². The minimum Gasteiger partial charge on any atom is -0.465 e. The molecule has 84 valence electrons. The minimum atomic E-state index is -0.688. The van der Waals surface area contributed by atoms with Crippen molar-refractivity contribution in [2.24, 2.45) is 5.92 Å². The third kappa shape index (κ3) is 1.78. The zero-order chi connectivity index (χ0) is 10.9. The molecule has 5 heteroatoms. The van der Waals surface area contributed by atoms with Crippen LogP contribution in [0.4, 0.5) is 0 Å². The summed E-state index contributed by atoms with van der Waals surface area (Å²) < 4.78 is 10.5. The van der Waals surface area contributed by atoms with Gasteiger partial charge in [0.15, 0.2) is 5.78 Å². The van der Waals surface area contributed by atoms with E-state index >= 15 is 0 Å². The lowest BCUT2D eigenvalue weighted by Gasteiger charge is -2.25. The molecule has 0 bridgehead atoms.